The van der Waals surface area contributed by atoms with E-state index in [1.54, 1.807) is 12.4 Å². The fourth-order valence-electron chi connectivity index (χ4n) is 2.29. The largest absolute Gasteiger partial charge is 0.441 e. The minimum atomic E-state index is -0.266. The molecule has 124 valence electrons. The molecule has 0 aliphatic heterocycles. The first kappa shape index (κ1) is 16.2. The molecular weight excluding hydrogens is 324 g/mol. The summed E-state index contributed by atoms with van der Waals surface area (Å²) in [6, 6.07) is 7.03. The number of urea groups is 1. The number of hydrogen-bond donors (Lipinski definition) is 2. The van der Waals surface area contributed by atoms with Crippen molar-refractivity contribution in [3.05, 3.63) is 52.8 Å². The average molecular weight is 342 g/mol. The fourth-order valence-corrected chi connectivity index (χ4v) is 3.06. The molecule has 0 unspecified atom stereocenters. The van der Waals surface area contributed by atoms with E-state index in [4.69, 9.17) is 4.42 Å². The number of rotatable bonds is 5. The number of aryl methyl sites for hydroxylation is 1. The molecule has 0 saturated heterocycles. The molecule has 3 aromatic rings. The minimum Gasteiger partial charge on any atom is -0.441 e. The van der Waals surface area contributed by atoms with Gasteiger partial charge in [-0.1, -0.05) is 13.0 Å². The molecule has 7 heteroatoms. The van der Waals surface area contributed by atoms with Gasteiger partial charge in [0.25, 0.3) is 0 Å². The number of hydrogen-bond acceptors (Lipinski definition) is 5. The molecule has 0 saturated carbocycles. The number of benzene rings is 1. The third-order valence-corrected chi connectivity index (χ3v) is 4.34. The van der Waals surface area contributed by atoms with Gasteiger partial charge < -0.3 is 15.1 Å². The summed E-state index contributed by atoms with van der Waals surface area (Å²) in [6.45, 7) is 3.85. The Labute approximate surface area is 144 Å². The van der Waals surface area contributed by atoms with E-state index in [9.17, 15) is 4.79 Å². The maximum Gasteiger partial charge on any atom is 0.319 e. The maximum atomic E-state index is 12.2. The predicted octanol–water partition coefficient (Wildman–Crippen LogP) is 4.38. The first-order valence-corrected chi connectivity index (χ1v) is 8.53. The topological polar surface area (TPSA) is 80.0 Å². The highest BCUT2D eigenvalue weighted by atomic mass is 32.1. The monoisotopic (exact) mass is 342 g/mol. The lowest BCUT2D eigenvalue weighted by molar-refractivity contribution is 0.248. The van der Waals surface area contributed by atoms with Crippen molar-refractivity contribution in [3.8, 4) is 11.5 Å². The molecule has 0 bridgehead atoms. The molecule has 0 radical (unpaired) electrons. The number of amides is 2. The number of carbonyl (C=O) groups is 1. The van der Waals surface area contributed by atoms with E-state index in [0.29, 0.717) is 11.6 Å². The Morgan fingerprint density at radius 1 is 1.38 bits per heavy atom. The number of anilines is 1. The molecular formula is C17H18N4O2S. The molecule has 24 heavy (non-hydrogen) atoms. The second kappa shape index (κ2) is 7.27. The van der Waals surface area contributed by atoms with Crippen LogP contribution in [0.3, 0.4) is 0 Å². The number of nitrogens with one attached hydrogen (secondary N) is 2. The van der Waals surface area contributed by atoms with Crippen molar-refractivity contribution in [2.24, 2.45) is 0 Å². The summed E-state index contributed by atoms with van der Waals surface area (Å²) in [6.07, 6.45) is 4.18. The Morgan fingerprint density at radius 2 is 2.25 bits per heavy atom. The van der Waals surface area contributed by atoms with Crippen LogP contribution in [-0.2, 0) is 0 Å². The highest BCUT2D eigenvalue weighted by molar-refractivity contribution is 7.09. The van der Waals surface area contributed by atoms with Gasteiger partial charge in [0.05, 0.1) is 12.2 Å². The van der Waals surface area contributed by atoms with E-state index in [1.807, 2.05) is 43.5 Å². The number of aromatic nitrogens is 2. The zero-order valence-corrected chi connectivity index (χ0v) is 14.3. The van der Waals surface area contributed by atoms with Crippen LogP contribution in [0.4, 0.5) is 10.5 Å². The Morgan fingerprint density at radius 3 is 2.92 bits per heavy atom. The molecule has 0 aliphatic rings. The van der Waals surface area contributed by atoms with Gasteiger partial charge in [0.15, 0.2) is 0 Å². The van der Waals surface area contributed by atoms with Gasteiger partial charge in [-0.25, -0.2) is 14.8 Å². The second-order valence-electron chi connectivity index (χ2n) is 5.29. The zero-order valence-electron chi connectivity index (χ0n) is 13.4. The Hall–Kier alpha value is -2.67. The molecule has 3 rings (SSSR count). The molecule has 0 spiro atoms. The van der Waals surface area contributed by atoms with Crippen LogP contribution in [-0.4, -0.2) is 16.0 Å². The van der Waals surface area contributed by atoms with Crippen molar-refractivity contribution < 1.29 is 9.21 Å². The van der Waals surface area contributed by atoms with Gasteiger partial charge in [-0.3, -0.25) is 0 Å². The van der Waals surface area contributed by atoms with Crippen LogP contribution in [0, 0.1) is 6.92 Å². The second-order valence-corrected chi connectivity index (χ2v) is 6.21. The number of oxazole rings is 1. The fraction of sp³-hybridized carbons (Fsp3) is 0.235. The summed E-state index contributed by atoms with van der Waals surface area (Å²) >= 11 is 1.53. The molecule has 1 atom stereocenters. The number of nitrogens with zero attached hydrogens (tertiary/aromatic N) is 2. The molecule has 6 nitrogen and oxygen atoms in total. The van der Waals surface area contributed by atoms with Crippen LogP contribution in [0.25, 0.3) is 11.5 Å². The summed E-state index contributed by atoms with van der Waals surface area (Å²) < 4.78 is 5.51. The van der Waals surface area contributed by atoms with Crippen molar-refractivity contribution in [2.75, 3.05) is 5.32 Å². The van der Waals surface area contributed by atoms with E-state index < -0.39 is 0 Å². The summed E-state index contributed by atoms with van der Waals surface area (Å²) in [5, 5.41) is 8.58. The number of thiazole rings is 1. The molecule has 2 amide bonds. The lowest BCUT2D eigenvalue weighted by Crippen LogP contribution is -2.32. The van der Waals surface area contributed by atoms with Crippen molar-refractivity contribution in [1.29, 1.82) is 0 Å². The van der Waals surface area contributed by atoms with Crippen molar-refractivity contribution >= 4 is 23.1 Å². The van der Waals surface area contributed by atoms with Gasteiger partial charge in [-0.05, 0) is 31.5 Å². The lowest BCUT2D eigenvalue weighted by atomic mass is 10.2. The Kier molecular flexibility index (Phi) is 4.90. The van der Waals surface area contributed by atoms with Crippen LogP contribution in [0.15, 0.2) is 46.5 Å². The van der Waals surface area contributed by atoms with Crippen molar-refractivity contribution in [1.82, 2.24) is 15.3 Å². The molecule has 1 aromatic carbocycles. The third kappa shape index (κ3) is 3.80. The van der Waals surface area contributed by atoms with Gasteiger partial charge in [-0.15, -0.1) is 11.3 Å². The molecule has 0 fully saturated rings. The first-order chi connectivity index (χ1) is 11.7. The van der Waals surface area contributed by atoms with Crippen LogP contribution >= 0.6 is 11.3 Å². The quantitative estimate of drug-likeness (QED) is 0.721. The summed E-state index contributed by atoms with van der Waals surface area (Å²) in [5.74, 6) is 1.28. The SMILES string of the molecule is CC[C@H](NC(=O)Nc1cccc(-c2ncc(C)o2)c1)c1nccs1. The van der Waals surface area contributed by atoms with E-state index in [2.05, 4.69) is 20.6 Å². The summed E-state index contributed by atoms with van der Waals surface area (Å²) in [4.78, 5) is 20.7. The Bertz CT molecular complexity index is 814. The van der Waals surface area contributed by atoms with Gasteiger partial charge in [0.2, 0.25) is 5.89 Å². The van der Waals surface area contributed by atoms with E-state index in [-0.39, 0.29) is 12.1 Å². The van der Waals surface area contributed by atoms with Gasteiger partial charge >= 0.3 is 6.03 Å². The Balaban J connectivity index is 1.68. The first-order valence-electron chi connectivity index (χ1n) is 7.65. The van der Waals surface area contributed by atoms with E-state index in [1.165, 1.54) is 11.3 Å². The minimum absolute atomic E-state index is 0.0948. The van der Waals surface area contributed by atoms with Crippen molar-refractivity contribution in [2.45, 2.75) is 26.3 Å². The zero-order chi connectivity index (χ0) is 16.9. The van der Waals surface area contributed by atoms with Crippen LogP contribution in [0.2, 0.25) is 0 Å². The van der Waals surface area contributed by atoms with Crippen LogP contribution < -0.4 is 10.6 Å². The van der Waals surface area contributed by atoms with Crippen molar-refractivity contribution in [3.63, 3.8) is 0 Å². The van der Waals surface area contributed by atoms with Gasteiger partial charge in [0.1, 0.15) is 10.8 Å². The van der Waals surface area contributed by atoms with E-state index >= 15 is 0 Å². The molecule has 0 aliphatic carbocycles. The normalized spacial score (nSPS) is 11.9. The molecule has 2 N–H and O–H groups in total. The average Bonchev–Trinajstić information content (AvgIpc) is 3.24. The third-order valence-electron chi connectivity index (χ3n) is 3.45. The highest BCUT2D eigenvalue weighted by Gasteiger charge is 2.15. The number of carbonyl (C=O) groups excluding carboxylic acids is 1. The standard InChI is InChI=1S/C17H18N4O2S/c1-3-14(16-18-7-8-24-16)21-17(22)20-13-6-4-5-12(9-13)15-19-10-11(2)23-15/h4-10,14H,3H2,1-2H3,(H2,20,21,22)/t14-/m0/s1. The smallest absolute Gasteiger partial charge is 0.319 e. The van der Waals surface area contributed by atoms with Crippen LogP contribution in [0.1, 0.15) is 30.2 Å². The summed E-state index contributed by atoms with van der Waals surface area (Å²) in [7, 11) is 0. The summed E-state index contributed by atoms with van der Waals surface area (Å²) in [5.41, 5.74) is 1.49. The predicted molar refractivity (Wildman–Crippen MR) is 94.0 cm³/mol. The lowest BCUT2D eigenvalue weighted by Gasteiger charge is -2.15. The molecule has 2 aromatic heterocycles. The highest BCUT2D eigenvalue weighted by Crippen LogP contribution is 2.23. The van der Waals surface area contributed by atoms with Gasteiger partial charge in [0, 0.05) is 22.8 Å². The molecule has 2 heterocycles. The van der Waals surface area contributed by atoms with Gasteiger partial charge in [-0.2, -0.15) is 0 Å². The van der Waals surface area contributed by atoms with Crippen LogP contribution in [0.5, 0.6) is 0 Å². The van der Waals surface area contributed by atoms with E-state index in [0.717, 1.165) is 22.8 Å². The maximum absolute atomic E-state index is 12.2.